The number of amidine groups is 1. The number of carbonyl (C=O) groups is 2. The number of methoxy groups -OCH3 is 3. The van der Waals surface area contributed by atoms with Crippen molar-refractivity contribution < 1.29 is 29.0 Å². The summed E-state index contributed by atoms with van der Waals surface area (Å²) < 4.78 is 15.6. The van der Waals surface area contributed by atoms with Crippen molar-refractivity contribution in [1.82, 2.24) is 5.32 Å². The van der Waals surface area contributed by atoms with Crippen LogP contribution in [-0.2, 0) is 16.1 Å². The van der Waals surface area contributed by atoms with Gasteiger partial charge >= 0.3 is 6.09 Å². The van der Waals surface area contributed by atoms with Crippen molar-refractivity contribution in [1.29, 1.82) is 0 Å². The Hall–Kier alpha value is -4.93. The van der Waals surface area contributed by atoms with Crippen LogP contribution in [0.2, 0.25) is 0 Å². The Kier molecular flexibility index (Phi) is 9.14. The van der Waals surface area contributed by atoms with Gasteiger partial charge in [0.05, 0.1) is 27.0 Å². The standard InChI is InChI=1S/C26H29N5O6/c1-35-21-13-19(20(14-22(21)36-2)30-26(33)37-3)23(25(32)28-15-16-7-5-4-6-8-16)29-18-11-9-17(10-12-18)24(27)31-34/h4-14,23,29,34H,15H2,1-3H3,(H2,27,31)(H,28,32)(H,30,33). The summed E-state index contributed by atoms with van der Waals surface area (Å²) in [5.41, 5.74) is 8.31. The van der Waals surface area contributed by atoms with Gasteiger partial charge in [-0.25, -0.2) is 4.79 Å². The van der Waals surface area contributed by atoms with E-state index < -0.39 is 12.1 Å². The van der Waals surface area contributed by atoms with Crippen LogP contribution >= 0.6 is 0 Å². The van der Waals surface area contributed by atoms with Gasteiger partial charge in [-0.1, -0.05) is 35.5 Å². The fourth-order valence-electron chi connectivity index (χ4n) is 3.54. The van der Waals surface area contributed by atoms with E-state index in [1.165, 1.54) is 21.3 Å². The monoisotopic (exact) mass is 507 g/mol. The number of rotatable bonds is 10. The molecule has 0 bridgehead atoms. The molecule has 0 saturated carbocycles. The van der Waals surface area contributed by atoms with Crippen molar-refractivity contribution in [2.75, 3.05) is 32.0 Å². The summed E-state index contributed by atoms with van der Waals surface area (Å²) >= 11 is 0. The zero-order chi connectivity index (χ0) is 26.8. The van der Waals surface area contributed by atoms with Gasteiger partial charge in [0.2, 0.25) is 5.91 Å². The molecule has 3 aromatic rings. The number of oxime groups is 1. The average molecular weight is 508 g/mol. The number of amides is 2. The first-order valence-electron chi connectivity index (χ1n) is 11.2. The van der Waals surface area contributed by atoms with E-state index >= 15 is 0 Å². The number of nitrogens with two attached hydrogens (primary N) is 1. The number of anilines is 2. The van der Waals surface area contributed by atoms with Crippen LogP contribution in [0.5, 0.6) is 11.5 Å². The Morgan fingerprint density at radius 1 is 0.973 bits per heavy atom. The lowest BCUT2D eigenvalue weighted by molar-refractivity contribution is -0.122. The third-order valence-corrected chi connectivity index (χ3v) is 5.46. The molecule has 0 fully saturated rings. The van der Waals surface area contributed by atoms with Crippen LogP contribution in [0.1, 0.15) is 22.7 Å². The lowest BCUT2D eigenvalue weighted by Crippen LogP contribution is -2.34. The van der Waals surface area contributed by atoms with Crippen LogP contribution in [-0.4, -0.2) is 44.4 Å². The van der Waals surface area contributed by atoms with E-state index in [4.69, 9.17) is 25.2 Å². The van der Waals surface area contributed by atoms with Crippen LogP contribution in [0.25, 0.3) is 0 Å². The maximum absolute atomic E-state index is 13.5. The fraction of sp³-hybridized carbons (Fsp3) is 0.192. The molecule has 3 aromatic carbocycles. The third-order valence-electron chi connectivity index (χ3n) is 5.46. The van der Waals surface area contributed by atoms with Crippen molar-refractivity contribution >= 4 is 29.2 Å². The lowest BCUT2D eigenvalue weighted by atomic mass is 10.0. The van der Waals surface area contributed by atoms with Gasteiger partial charge < -0.3 is 35.8 Å². The molecule has 11 heteroatoms. The van der Waals surface area contributed by atoms with Gasteiger partial charge in [-0.05, 0) is 35.9 Å². The van der Waals surface area contributed by atoms with Crippen molar-refractivity contribution in [3.63, 3.8) is 0 Å². The number of hydrogen-bond donors (Lipinski definition) is 5. The molecule has 1 atom stereocenters. The molecule has 0 aliphatic rings. The van der Waals surface area contributed by atoms with E-state index in [1.54, 1.807) is 36.4 Å². The number of ether oxygens (including phenoxy) is 3. The minimum atomic E-state index is -0.981. The summed E-state index contributed by atoms with van der Waals surface area (Å²) in [7, 11) is 4.17. The van der Waals surface area contributed by atoms with Crippen molar-refractivity contribution in [3.8, 4) is 11.5 Å². The molecule has 3 rings (SSSR count). The molecule has 2 amide bonds. The zero-order valence-electron chi connectivity index (χ0n) is 20.6. The highest BCUT2D eigenvalue weighted by Gasteiger charge is 2.27. The first kappa shape index (κ1) is 26.7. The number of hydrogen-bond acceptors (Lipinski definition) is 8. The zero-order valence-corrected chi connectivity index (χ0v) is 20.6. The van der Waals surface area contributed by atoms with E-state index in [9.17, 15) is 9.59 Å². The van der Waals surface area contributed by atoms with Gasteiger partial charge in [-0.2, -0.15) is 0 Å². The molecular formula is C26H29N5O6. The number of carbonyl (C=O) groups excluding carboxylic acids is 2. The van der Waals surface area contributed by atoms with Gasteiger partial charge in [0.25, 0.3) is 0 Å². The van der Waals surface area contributed by atoms with Gasteiger partial charge in [-0.15, -0.1) is 0 Å². The second-order valence-electron chi connectivity index (χ2n) is 7.75. The first-order valence-corrected chi connectivity index (χ1v) is 11.2. The lowest BCUT2D eigenvalue weighted by Gasteiger charge is -2.24. The van der Waals surface area contributed by atoms with Crippen LogP contribution in [0, 0.1) is 0 Å². The van der Waals surface area contributed by atoms with Crippen LogP contribution in [0.3, 0.4) is 0 Å². The van der Waals surface area contributed by atoms with Gasteiger partial charge in [0.1, 0.15) is 6.04 Å². The Balaban J connectivity index is 2.03. The minimum Gasteiger partial charge on any atom is -0.493 e. The van der Waals surface area contributed by atoms with E-state index in [1.807, 2.05) is 30.3 Å². The van der Waals surface area contributed by atoms with Gasteiger partial charge in [0, 0.05) is 29.4 Å². The van der Waals surface area contributed by atoms with Gasteiger partial charge in [0.15, 0.2) is 17.3 Å². The smallest absolute Gasteiger partial charge is 0.411 e. The molecule has 0 aromatic heterocycles. The molecule has 0 aliphatic carbocycles. The number of benzene rings is 3. The highest BCUT2D eigenvalue weighted by molar-refractivity contribution is 5.97. The summed E-state index contributed by atoms with van der Waals surface area (Å²) in [6.45, 7) is 0.285. The van der Waals surface area contributed by atoms with Gasteiger partial charge in [-0.3, -0.25) is 10.1 Å². The largest absolute Gasteiger partial charge is 0.493 e. The van der Waals surface area contributed by atoms with E-state index in [-0.39, 0.29) is 24.0 Å². The van der Waals surface area contributed by atoms with Crippen molar-refractivity contribution in [2.45, 2.75) is 12.6 Å². The maximum Gasteiger partial charge on any atom is 0.411 e. The summed E-state index contributed by atoms with van der Waals surface area (Å²) in [6.07, 6.45) is -0.722. The summed E-state index contributed by atoms with van der Waals surface area (Å²) in [5.74, 6) is 0.291. The first-order chi connectivity index (χ1) is 17.9. The fourth-order valence-corrected chi connectivity index (χ4v) is 3.54. The topological polar surface area (TPSA) is 157 Å². The minimum absolute atomic E-state index is 0.0480. The van der Waals surface area contributed by atoms with E-state index in [0.717, 1.165) is 5.56 Å². The molecule has 0 spiro atoms. The Morgan fingerprint density at radius 2 is 1.62 bits per heavy atom. The average Bonchev–Trinajstić information content (AvgIpc) is 2.94. The second-order valence-corrected chi connectivity index (χ2v) is 7.75. The molecule has 37 heavy (non-hydrogen) atoms. The van der Waals surface area contributed by atoms with Crippen molar-refractivity contribution in [2.24, 2.45) is 10.9 Å². The quantitative estimate of drug-likeness (QED) is 0.121. The van der Waals surface area contributed by atoms with Crippen LogP contribution in [0.15, 0.2) is 71.9 Å². The second kappa shape index (κ2) is 12.7. The SMILES string of the molecule is COC(=O)Nc1cc(OC)c(OC)cc1C(Nc1ccc(/C(N)=N/O)cc1)C(=O)NCc1ccccc1. The molecular weight excluding hydrogens is 478 g/mol. The molecule has 6 N–H and O–H groups in total. The highest BCUT2D eigenvalue weighted by Crippen LogP contribution is 2.37. The number of nitrogens with one attached hydrogen (secondary N) is 3. The summed E-state index contributed by atoms with van der Waals surface area (Å²) in [4.78, 5) is 25.7. The summed E-state index contributed by atoms with van der Waals surface area (Å²) in [5, 5.41) is 20.7. The molecule has 0 heterocycles. The molecule has 0 saturated heterocycles. The predicted molar refractivity (Wildman–Crippen MR) is 139 cm³/mol. The van der Waals surface area contributed by atoms with Crippen molar-refractivity contribution in [3.05, 3.63) is 83.4 Å². The van der Waals surface area contributed by atoms with Crippen LogP contribution < -0.4 is 31.2 Å². The maximum atomic E-state index is 13.5. The molecule has 1 unspecified atom stereocenters. The summed E-state index contributed by atoms with van der Waals surface area (Å²) in [6, 6.07) is 18.3. The Morgan fingerprint density at radius 3 is 2.22 bits per heavy atom. The molecule has 11 nitrogen and oxygen atoms in total. The molecule has 0 aliphatic heterocycles. The predicted octanol–water partition coefficient (Wildman–Crippen LogP) is 3.45. The highest BCUT2D eigenvalue weighted by atomic mass is 16.5. The Labute approximate surface area is 214 Å². The van der Waals surface area contributed by atoms with E-state index in [2.05, 4.69) is 21.1 Å². The number of nitrogens with zero attached hydrogens (tertiary/aromatic N) is 1. The molecule has 0 radical (unpaired) electrons. The van der Waals surface area contributed by atoms with Crippen LogP contribution in [0.4, 0.5) is 16.2 Å². The third kappa shape index (κ3) is 6.82. The molecule has 194 valence electrons. The normalized spacial score (nSPS) is 11.7. The van der Waals surface area contributed by atoms with E-state index in [0.29, 0.717) is 28.3 Å². The Bertz CT molecular complexity index is 1250.